The average molecular weight is 302 g/mol. The second kappa shape index (κ2) is 5.09. The van der Waals surface area contributed by atoms with Gasteiger partial charge in [0.05, 0.1) is 5.41 Å². The lowest BCUT2D eigenvalue weighted by atomic mass is 9.56. The minimum absolute atomic E-state index is 0.00718. The molecule has 23 heavy (non-hydrogen) atoms. The summed E-state index contributed by atoms with van der Waals surface area (Å²) in [6, 6.07) is 11.2. The molecule has 0 bridgehead atoms. The molecule has 0 fully saturated rings. The van der Waals surface area contributed by atoms with E-state index in [0.29, 0.717) is 0 Å². The third-order valence-electron chi connectivity index (χ3n) is 5.79. The normalized spacial score (nSPS) is 26.6. The number of hydrogen-bond donors (Lipinski definition) is 0. The van der Waals surface area contributed by atoms with Crippen LogP contribution in [0.3, 0.4) is 0 Å². The smallest absolute Gasteiger partial charge is 0.0505 e. The van der Waals surface area contributed by atoms with E-state index >= 15 is 0 Å². The van der Waals surface area contributed by atoms with E-state index in [2.05, 4.69) is 75.4 Å². The van der Waals surface area contributed by atoms with Crippen LogP contribution in [0.1, 0.15) is 52.0 Å². The Labute approximate surface area is 140 Å². The Balaban J connectivity index is 2.09. The summed E-state index contributed by atoms with van der Waals surface area (Å²) in [5.74, 6) is 0. The second-order valence-electron chi connectivity index (χ2n) is 8.01. The minimum atomic E-state index is -0.00718. The van der Waals surface area contributed by atoms with Crippen LogP contribution >= 0.6 is 0 Å². The summed E-state index contributed by atoms with van der Waals surface area (Å²) in [5.41, 5.74) is 7.86. The fraction of sp³-hybridized carbons (Fsp3) is 0.391. The Hall–Kier alpha value is -1.82. The van der Waals surface area contributed by atoms with Crippen molar-refractivity contribution in [2.75, 3.05) is 0 Å². The van der Waals surface area contributed by atoms with Crippen LogP contribution in [0, 0.1) is 5.41 Å². The zero-order valence-electron chi connectivity index (χ0n) is 14.5. The number of rotatable bonds is 1. The number of allylic oxidation sites excluding steroid dienone is 8. The molecule has 0 radical (unpaired) electrons. The van der Waals surface area contributed by atoms with Gasteiger partial charge >= 0.3 is 0 Å². The van der Waals surface area contributed by atoms with Gasteiger partial charge in [0.1, 0.15) is 0 Å². The predicted molar refractivity (Wildman–Crippen MR) is 98.4 cm³/mol. The largest absolute Gasteiger partial charge is 0.0839 e. The third-order valence-corrected chi connectivity index (χ3v) is 5.79. The van der Waals surface area contributed by atoms with Gasteiger partial charge in [-0.2, -0.15) is 0 Å². The first-order chi connectivity index (χ1) is 11.1. The van der Waals surface area contributed by atoms with Gasteiger partial charge in [-0.05, 0) is 59.0 Å². The molecule has 0 N–H and O–H groups in total. The molecule has 1 atom stereocenters. The molecule has 0 heteroatoms. The summed E-state index contributed by atoms with van der Waals surface area (Å²) >= 11 is 0. The molecule has 0 heterocycles. The summed E-state index contributed by atoms with van der Waals surface area (Å²) in [5, 5.41) is 0. The third kappa shape index (κ3) is 1.90. The Kier molecular flexibility index (Phi) is 3.27. The molecule has 0 spiro atoms. The maximum atomic E-state index is 2.53. The summed E-state index contributed by atoms with van der Waals surface area (Å²) in [6.07, 6.45) is 14.6. The molecule has 0 aliphatic heterocycles. The molecule has 0 saturated heterocycles. The maximum Gasteiger partial charge on any atom is 0.0505 e. The van der Waals surface area contributed by atoms with Crippen molar-refractivity contribution in [3.8, 4) is 0 Å². The molecule has 3 aliphatic carbocycles. The fourth-order valence-corrected chi connectivity index (χ4v) is 5.00. The van der Waals surface area contributed by atoms with E-state index in [1.807, 2.05) is 0 Å². The predicted octanol–water partition coefficient (Wildman–Crippen LogP) is 6.28. The summed E-state index contributed by atoms with van der Waals surface area (Å²) in [4.78, 5) is 0. The van der Waals surface area contributed by atoms with Crippen LogP contribution < -0.4 is 0 Å². The van der Waals surface area contributed by atoms with Crippen molar-refractivity contribution >= 4 is 0 Å². The van der Waals surface area contributed by atoms with E-state index < -0.39 is 0 Å². The highest BCUT2D eigenvalue weighted by molar-refractivity contribution is 5.73. The molecular weight excluding hydrogens is 276 g/mol. The molecule has 0 amide bonds. The van der Waals surface area contributed by atoms with Gasteiger partial charge in [0.2, 0.25) is 0 Å². The highest BCUT2D eigenvalue weighted by Gasteiger charge is 2.54. The highest BCUT2D eigenvalue weighted by Crippen LogP contribution is 2.62. The first-order valence-corrected chi connectivity index (χ1v) is 8.94. The van der Waals surface area contributed by atoms with Crippen molar-refractivity contribution in [2.45, 2.75) is 51.9 Å². The van der Waals surface area contributed by atoms with E-state index in [4.69, 9.17) is 0 Å². The molecule has 0 aromatic heterocycles. The van der Waals surface area contributed by atoms with Crippen LogP contribution in [0.15, 0.2) is 76.9 Å². The number of fused-ring (bicyclic) bond motifs is 2. The van der Waals surface area contributed by atoms with Crippen molar-refractivity contribution in [1.82, 2.24) is 0 Å². The summed E-state index contributed by atoms with van der Waals surface area (Å²) < 4.78 is 0. The van der Waals surface area contributed by atoms with Gasteiger partial charge in [-0.25, -0.2) is 0 Å². The zero-order chi connectivity index (χ0) is 16.1. The topological polar surface area (TPSA) is 0 Å². The summed E-state index contributed by atoms with van der Waals surface area (Å²) in [7, 11) is 0. The van der Waals surface area contributed by atoms with E-state index in [1.54, 1.807) is 22.3 Å². The molecule has 1 unspecified atom stereocenters. The van der Waals surface area contributed by atoms with Crippen molar-refractivity contribution in [3.05, 3.63) is 82.5 Å². The Morgan fingerprint density at radius 3 is 2.39 bits per heavy atom. The molecule has 3 aliphatic rings. The first-order valence-electron chi connectivity index (χ1n) is 8.94. The lowest BCUT2D eigenvalue weighted by Crippen LogP contribution is -2.41. The van der Waals surface area contributed by atoms with E-state index in [0.717, 1.165) is 0 Å². The quantitative estimate of drug-likeness (QED) is 0.573. The SMILES string of the molecule is CC(C)(C)C1(c2ccccc2)C2=CCCC=C2C2=C1C=CCC2. The fourth-order valence-electron chi connectivity index (χ4n) is 5.00. The Morgan fingerprint density at radius 2 is 1.65 bits per heavy atom. The van der Waals surface area contributed by atoms with Crippen LogP contribution in [-0.2, 0) is 5.41 Å². The minimum Gasteiger partial charge on any atom is -0.0839 e. The van der Waals surface area contributed by atoms with Gasteiger partial charge in [0.25, 0.3) is 0 Å². The van der Waals surface area contributed by atoms with Crippen LogP contribution in [0.2, 0.25) is 0 Å². The molecule has 1 aromatic rings. The zero-order valence-corrected chi connectivity index (χ0v) is 14.5. The Morgan fingerprint density at radius 1 is 0.913 bits per heavy atom. The van der Waals surface area contributed by atoms with E-state index in [1.165, 1.54) is 31.2 Å². The van der Waals surface area contributed by atoms with Gasteiger partial charge in [0.15, 0.2) is 0 Å². The number of benzene rings is 1. The maximum absolute atomic E-state index is 2.53. The van der Waals surface area contributed by atoms with Crippen LogP contribution in [-0.4, -0.2) is 0 Å². The standard InChI is InChI=1S/C23H26/c1-22(2,3)23(17-11-5-4-6-12-17)20-15-9-7-13-18(20)19-14-8-10-16-21(19)23/h4-6,9,11-12,14-16H,7-8,10,13H2,1-3H3. The van der Waals surface area contributed by atoms with E-state index in [-0.39, 0.29) is 10.8 Å². The monoisotopic (exact) mass is 302 g/mol. The number of hydrogen-bond acceptors (Lipinski definition) is 0. The van der Waals surface area contributed by atoms with Gasteiger partial charge < -0.3 is 0 Å². The van der Waals surface area contributed by atoms with Crippen molar-refractivity contribution < 1.29 is 0 Å². The molecule has 1 aromatic carbocycles. The van der Waals surface area contributed by atoms with Gasteiger partial charge in [-0.3, -0.25) is 0 Å². The van der Waals surface area contributed by atoms with Crippen LogP contribution in [0.4, 0.5) is 0 Å². The molecular formula is C23H26. The molecule has 118 valence electrons. The lowest BCUT2D eigenvalue weighted by Gasteiger charge is -2.46. The van der Waals surface area contributed by atoms with Gasteiger partial charge in [0, 0.05) is 0 Å². The van der Waals surface area contributed by atoms with E-state index in [9.17, 15) is 0 Å². The van der Waals surface area contributed by atoms with Crippen molar-refractivity contribution in [3.63, 3.8) is 0 Å². The first kappa shape index (κ1) is 14.8. The van der Waals surface area contributed by atoms with Crippen molar-refractivity contribution in [2.24, 2.45) is 5.41 Å². The molecule has 0 nitrogen and oxygen atoms in total. The summed E-state index contributed by atoms with van der Waals surface area (Å²) in [6.45, 7) is 7.22. The van der Waals surface area contributed by atoms with Gasteiger partial charge in [-0.15, -0.1) is 0 Å². The average Bonchev–Trinajstić information content (AvgIpc) is 2.87. The van der Waals surface area contributed by atoms with Crippen molar-refractivity contribution in [1.29, 1.82) is 0 Å². The lowest BCUT2D eigenvalue weighted by molar-refractivity contribution is 0.273. The highest BCUT2D eigenvalue weighted by atomic mass is 14.6. The van der Waals surface area contributed by atoms with Gasteiger partial charge in [-0.1, -0.05) is 75.4 Å². The van der Waals surface area contributed by atoms with Crippen LogP contribution in [0.5, 0.6) is 0 Å². The second-order valence-corrected chi connectivity index (χ2v) is 8.01. The Bertz CT molecular complexity index is 747. The molecule has 4 rings (SSSR count). The van der Waals surface area contributed by atoms with Crippen LogP contribution in [0.25, 0.3) is 0 Å². The molecule has 0 saturated carbocycles.